The number of aromatic nitrogens is 1. The van der Waals surface area contributed by atoms with E-state index in [1.807, 2.05) is 5.38 Å². The van der Waals surface area contributed by atoms with Crippen LogP contribution in [0.4, 0.5) is 4.79 Å². The summed E-state index contributed by atoms with van der Waals surface area (Å²) in [6.07, 6.45) is 4.58. The molecule has 2 amide bonds. The second kappa shape index (κ2) is 7.23. The summed E-state index contributed by atoms with van der Waals surface area (Å²) < 4.78 is 0. The molecular formula is C13H19N3O3S. The van der Waals surface area contributed by atoms with Crippen molar-refractivity contribution in [3.63, 3.8) is 0 Å². The van der Waals surface area contributed by atoms with E-state index in [4.69, 9.17) is 5.11 Å². The summed E-state index contributed by atoms with van der Waals surface area (Å²) in [5.41, 5.74) is 2.70. The van der Waals surface area contributed by atoms with E-state index in [0.29, 0.717) is 13.0 Å². The largest absolute Gasteiger partial charge is 0.480 e. The van der Waals surface area contributed by atoms with E-state index in [1.54, 1.807) is 5.51 Å². The fourth-order valence-corrected chi connectivity index (χ4v) is 3.08. The van der Waals surface area contributed by atoms with Gasteiger partial charge in [0.05, 0.1) is 11.2 Å². The van der Waals surface area contributed by atoms with Gasteiger partial charge in [-0.1, -0.05) is 12.8 Å². The molecule has 110 valence electrons. The van der Waals surface area contributed by atoms with Gasteiger partial charge in [-0.25, -0.2) is 9.78 Å². The minimum Gasteiger partial charge on any atom is -0.480 e. The van der Waals surface area contributed by atoms with Crippen LogP contribution < -0.4 is 5.32 Å². The first-order valence-corrected chi connectivity index (χ1v) is 7.74. The minimum atomic E-state index is -0.966. The van der Waals surface area contributed by atoms with E-state index < -0.39 is 5.97 Å². The summed E-state index contributed by atoms with van der Waals surface area (Å²) in [7, 11) is 0. The maximum absolute atomic E-state index is 12.1. The van der Waals surface area contributed by atoms with Gasteiger partial charge in [0.25, 0.3) is 0 Å². The van der Waals surface area contributed by atoms with Gasteiger partial charge in [-0.05, 0) is 12.8 Å². The summed E-state index contributed by atoms with van der Waals surface area (Å²) >= 11 is 1.52. The fourth-order valence-electron chi connectivity index (χ4n) is 2.49. The number of aliphatic carboxylic acids is 1. The average Bonchev–Trinajstić information content (AvgIpc) is 3.08. The topological polar surface area (TPSA) is 82.5 Å². The van der Waals surface area contributed by atoms with Crippen molar-refractivity contribution in [1.29, 1.82) is 0 Å². The molecule has 2 N–H and O–H groups in total. The number of hydrogen-bond donors (Lipinski definition) is 2. The number of carboxylic acids is 1. The number of carboxylic acid groups (broad SMARTS) is 1. The molecule has 6 nitrogen and oxygen atoms in total. The molecule has 0 atom stereocenters. The highest BCUT2D eigenvalue weighted by Crippen LogP contribution is 2.23. The predicted molar refractivity (Wildman–Crippen MR) is 75.8 cm³/mol. The average molecular weight is 297 g/mol. The third-order valence-corrected chi connectivity index (χ3v) is 4.11. The number of rotatable bonds is 6. The highest BCUT2D eigenvalue weighted by Gasteiger charge is 2.28. The van der Waals surface area contributed by atoms with Gasteiger partial charge >= 0.3 is 12.0 Å². The van der Waals surface area contributed by atoms with E-state index in [1.165, 1.54) is 16.2 Å². The summed E-state index contributed by atoms with van der Waals surface area (Å²) in [6, 6.07) is -0.222. The second-order valence-electron chi connectivity index (χ2n) is 4.92. The van der Waals surface area contributed by atoms with Gasteiger partial charge in [-0.3, -0.25) is 4.79 Å². The van der Waals surface area contributed by atoms with Crippen LogP contribution in [0.5, 0.6) is 0 Å². The van der Waals surface area contributed by atoms with Crippen LogP contribution in [0.15, 0.2) is 10.9 Å². The van der Waals surface area contributed by atoms with E-state index in [9.17, 15) is 9.59 Å². The first-order valence-electron chi connectivity index (χ1n) is 6.80. The predicted octanol–water partition coefficient (Wildman–Crippen LogP) is 1.72. The fraction of sp³-hybridized carbons (Fsp3) is 0.615. The molecule has 1 fully saturated rings. The van der Waals surface area contributed by atoms with Gasteiger partial charge < -0.3 is 15.3 Å². The molecule has 2 rings (SSSR count). The van der Waals surface area contributed by atoms with Gasteiger partial charge in [0, 0.05) is 24.4 Å². The zero-order chi connectivity index (χ0) is 14.4. The molecule has 0 spiro atoms. The Morgan fingerprint density at radius 3 is 2.80 bits per heavy atom. The molecule has 0 bridgehead atoms. The van der Waals surface area contributed by atoms with Crippen molar-refractivity contribution in [2.75, 3.05) is 13.1 Å². The number of hydrogen-bond acceptors (Lipinski definition) is 4. The summed E-state index contributed by atoms with van der Waals surface area (Å²) in [5, 5.41) is 13.7. The van der Waals surface area contributed by atoms with Gasteiger partial charge in [0.15, 0.2) is 0 Å². The zero-order valence-electron chi connectivity index (χ0n) is 11.2. The third kappa shape index (κ3) is 4.19. The monoisotopic (exact) mass is 297 g/mol. The number of amides is 2. The van der Waals surface area contributed by atoms with Gasteiger partial charge in [0.1, 0.15) is 6.54 Å². The van der Waals surface area contributed by atoms with Crippen LogP contribution in [-0.2, 0) is 11.2 Å². The number of nitrogens with one attached hydrogen (secondary N) is 1. The number of carbonyl (C=O) groups excluding carboxylic acids is 1. The van der Waals surface area contributed by atoms with E-state index in [0.717, 1.165) is 31.4 Å². The Labute approximate surface area is 121 Å². The molecule has 1 aromatic rings. The molecule has 0 aromatic carbocycles. The second-order valence-corrected chi connectivity index (χ2v) is 5.64. The standard InChI is InChI=1S/C13H19N3O3S/c17-12(18)7-16(11-3-1-2-4-11)13(19)14-6-5-10-8-20-9-15-10/h8-9,11H,1-7H2,(H,14,19)(H,17,18). The molecule has 0 unspecified atom stereocenters. The van der Waals surface area contributed by atoms with E-state index in [-0.39, 0.29) is 18.6 Å². The van der Waals surface area contributed by atoms with Crippen LogP contribution in [0.3, 0.4) is 0 Å². The molecule has 0 radical (unpaired) electrons. The zero-order valence-corrected chi connectivity index (χ0v) is 12.1. The van der Waals surface area contributed by atoms with Crippen LogP contribution >= 0.6 is 11.3 Å². The lowest BCUT2D eigenvalue weighted by atomic mass is 10.2. The van der Waals surface area contributed by atoms with E-state index in [2.05, 4.69) is 10.3 Å². The maximum atomic E-state index is 12.1. The van der Waals surface area contributed by atoms with Crippen LogP contribution in [0, 0.1) is 0 Å². The smallest absolute Gasteiger partial charge is 0.323 e. The normalized spacial score (nSPS) is 15.2. The van der Waals surface area contributed by atoms with Crippen molar-refractivity contribution < 1.29 is 14.7 Å². The first kappa shape index (κ1) is 14.8. The number of carbonyl (C=O) groups is 2. The van der Waals surface area contributed by atoms with Crippen molar-refractivity contribution >= 4 is 23.3 Å². The molecule has 0 aliphatic heterocycles. The highest BCUT2D eigenvalue weighted by atomic mass is 32.1. The maximum Gasteiger partial charge on any atom is 0.323 e. The van der Waals surface area contributed by atoms with Gasteiger partial charge in [0.2, 0.25) is 0 Å². The molecule has 20 heavy (non-hydrogen) atoms. The van der Waals surface area contributed by atoms with Crippen molar-refractivity contribution in [2.24, 2.45) is 0 Å². The molecule has 1 aliphatic carbocycles. The number of nitrogens with zero attached hydrogens (tertiary/aromatic N) is 2. The van der Waals surface area contributed by atoms with Gasteiger partial charge in [-0.15, -0.1) is 11.3 Å². The highest BCUT2D eigenvalue weighted by molar-refractivity contribution is 7.07. The van der Waals surface area contributed by atoms with Crippen LogP contribution in [0.25, 0.3) is 0 Å². The SMILES string of the molecule is O=C(O)CN(C(=O)NCCc1cscn1)C1CCCC1. The van der Waals surface area contributed by atoms with Crippen LogP contribution in [0.1, 0.15) is 31.4 Å². The van der Waals surface area contributed by atoms with Crippen LogP contribution in [0.2, 0.25) is 0 Å². The Morgan fingerprint density at radius 1 is 1.45 bits per heavy atom. The third-order valence-electron chi connectivity index (χ3n) is 3.47. The molecule has 0 saturated heterocycles. The molecular weight excluding hydrogens is 278 g/mol. The minimum absolute atomic E-state index is 0.0605. The Morgan fingerprint density at radius 2 is 2.20 bits per heavy atom. The Balaban J connectivity index is 1.83. The number of urea groups is 1. The van der Waals surface area contributed by atoms with Crippen LogP contribution in [-0.4, -0.2) is 46.1 Å². The van der Waals surface area contributed by atoms with Crippen molar-refractivity contribution in [3.8, 4) is 0 Å². The molecule has 1 saturated carbocycles. The summed E-state index contributed by atoms with van der Waals surface area (Å²) in [4.78, 5) is 28.6. The van der Waals surface area contributed by atoms with Crippen molar-refractivity contribution in [1.82, 2.24) is 15.2 Å². The van der Waals surface area contributed by atoms with Crippen molar-refractivity contribution in [2.45, 2.75) is 38.1 Å². The lowest BCUT2D eigenvalue weighted by Crippen LogP contribution is -2.48. The molecule has 1 aromatic heterocycles. The summed E-state index contributed by atoms with van der Waals surface area (Å²) in [5.74, 6) is -0.966. The van der Waals surface area contributed by atoms with Gasteiger partial charge in [-0.2, -0.15) is 0 Å². The molecule has 1 heterocycles. The molecule has 1 aliphatic rings. The Hall–Kier alpha value is -1.63. The van der Waals surface area contributed by atoms with Crippen molar-refractivity contribution in [3.05, 3.63) is 16.6 Å². The lowest BCUT2D eigenvalue weighted by molar-refractivity contribution is -0.138. The first-order chi connectivity index (χ1) is 9.66. The quantitative estimate of drug-likeness (QED) is 0.837. The number of thiazole rings is 1. The lowest BCUT2D eigenvalue weighted by Gasteiger charge is -2.27. The summed E-state index contributed by atoms with van der Waals surface area (Å²) in [6.45, 7) is 0.249. The Kier molecular flexibility index (Phi) is 5.34. The molecule has 7 heteroatoms. The van der Waals surface area contributed by atoms with E-state index >= 15 is 0 Å². The Bertz CT molecular complexity index is 444.